The molecule has 0 N–H and O–H groups in total. The molecule has 1 heterocycles. The number of nitro benzene ring substituents is 1. The largest absolute Gasteiger partial charge is 0.474 e. The molecule has 4 rings (SSSR count). The van der Waals surface area contributed by atoms with Gasteiger partial charge < -0.3 is 4.74 Å². The van der Waals surface area contributed by atoms with E-state index in [-0.39, 0.29) is 21.9 Å². The lowest BCUT2D eigenvalue weighted by atomic mass is 9.70. The van der Waals surface area contributed by atoms with Crippen molar-refractivity contribution < 1.29 is 9.66 Å². The zero-order chi connectivity index (χ0) is 17.1. The summed E-state index contributed by atoms with van der Waals surface area (Å²) in [6, 6.07) is 13.4. The average Bonchev–Trinajstić information content (AvgIpc) is 2.74. The Labute approximate surface area is 140 Å². The molecule has 0 fully saturated rings. The molecule has 4 nitrogen and oxygen atoms in total. The zero-order valence-corrected chi connectivity index (χ0v) is 13.9. The Morgan fingerprint density at radius 3 is 2.58 bits per heavy atom. The first kappa shape index (κ1) is 14.9. The van der Waals surface area contributed by atoms with Crippen molar-refractivity contribution in [2.45, 2.75) is 37.7 Å². The maximum Gasteiger partial charge on any atom is 0.311 e. The molecule has 2 atom stereocenters. The fraction of sp³-hybridized carbons (Fsp3) is 0.300. The van der Waals surface area contributed by atoms with Gasteiger partial charge in [0, 0.05) is 23.0 Å². The van der Waals surface area contributed by atoms with Crippen LogP contribution < -0.4 is 4.74 Å². The summed E-state index contributed by atoms with van der Waals surface area (Å²) in [5.74, 6) is 0.477. The summed E-state index contributed by atoms with van der Waals surface area (Å²) in [6.07, 6.45) is 4.06. The molecular weight excluding hydrogens is 302 g/mol. The Morgan fingerprint density at radius 2 is 1.88 bits per heavy atom. The van der Waals surface area contributed by atoms with Gasteiger partial charge in [-0.25, -0.2) is 0 Å². The molecule has 0 aromatic heterocycles. The lowest BCUT2D eigenvalue weighted by Crippen LogP contribution is -2.51. The van der Waals surface area contributed by atoms with Gasteiger partial charge >= 0.3 is 5.69 Å². The second kappa shape index (κ2) is 4.69. The fourth-order valence-electron chi connectivity index (χ4n) is 4.34. The number of nitrogens with zero attached hydrogens (tertiary/aromatic N) is 1. The first-order valence-electron chi connectivity index (χ1n) is 8.13. The summed E-state index contributed by atoms with van der Waals surface area (Å²) in [5.41, 5.74) is 2.35. The van der Waals surface area contributed by atoms with Crippen LogP contribution in [0, 0.1) is 10.1 Å². The molecule has 1 aliphatic heterocycles. The maximum atomic E-state index is 11.4. The van der Waals surface area contributed by atoms with Crippen LogP contribution in [-0.4, -0.2) is 10.5 Å². The molecule has 4 heteroatoms. The Balaban J connectivity index is 1.92. The van der Waals surface area contributed by atoms with Gasteiger partial charge in [0.05, 0.1) is 4.92 Å². The zero-order valence-electron chi connectivity index (χ0n) is 13.9. The van der Waals surface area contributed by atoms with Crippen molar-refractivity contribution in [3.05, 3.63) is 75.3 Å². The van der Waals surface area contributed by atoms with E-state index in [0.717, 1.165) is 5.56 Å². The standard InChI is InChI=1S/C20H19NO3/c1-13-15-8-4-5-9-16(15)19(2,3)20(13)12-11-14-7-6-10-17(21(22)23)18(14)24-20/h4-13H,1-3H3/t13?,20-/m0/s1. The molecule has 0 bridgehead atoms. The van der Waals surface area contributed by atoms with Crippen molar-refractivity contribution in [2.75, 3.05) is 0 Å². The number of hydrogen-bond donors (Lipinski definition) is 0. The maximum absolute atomic E-state index is 11.4. The molecule has 122 valence electrons. The Hall–Kier alpha value is -2.62. The molecule has 2 aliphatic rings. The molecular formula is C20H19NO3. The quantitative estimate of drug-likeness (QED) is 0.558. The Morgan fingerprint density at radius 1 is 1.12 bits per heavy atom. The predicted molar refractivity (Wildman–Crippen MR) is 93.4 cm³/mol. The normalized spacial score (nSPS) is 25.9. The van der Waals surface area contributed by atoms with Crippen LogP contribution in [0.25, 0.3) is 6.08 Å². The number of rotatable bonds is 1. The smallest absolute Gasteiger partial charge is 0.311 e. The van der Waals surface area contributed by atoms with Gasteiger partial charge in [0.2, 0.25) is 5.75 Å². The highest BCUT2D eigenvalue weighted by Crippen LogP contribution is 2.58. The number of nitro groups is 1. The molecule has 24 heavy (non-hydrogen) atoms. The van der Waals surface area contributed by atoms with Crippen LogP contribution >= 0.6 is 0 Å². The van der Waals surface area contributed by atoms with Gasteiger partial charge in [-0.2, -0.15) is 0 Å². The topological polar surface area (TPSA) is 52.4 Å². The van der Waals surface area contributed by atoms with Crippen molar-refractivity contribution in [2.24, 2.45) is 0 Å². The van der Waals surface area contributed by atoms with Crippen LogP contribution in [0.2, 0.25) is 0 Å². The highest BCUT2D eigenvalue weighted by molar-refractivity contribution is 5.70. The van der Waals surface area contributed by atoms with Crippen LogP contribution in [0.1, 0.15) is 43.4 Å². The highest BCUT2D eigenvalue weighted by atomic mass is 16.6. The first-order chi connectivity index (χ1) is 11.4. The van der Waals surface area contributed by atoms with Crippen LogP contribution in [-0.2, 0) is 5.41 Å². The van der Waals surface area contributed by atoms with E-state index in [9.17, 15) is 10.1 Å². The van der Waals surface area contributed by atoms with E-state index in [1.54, 1.807) is 6.07 Å². The van der Waals surface area contributed by atoms with E-state index in [1.165, 1.54) is 17.2 Å². The lowest BCUT2D eigenvalue weighted by molar-refractivity contribution is -0.386. The summed E-state index contributed by atoms with van der Waals surface area (Å²) < 4.78 is 6.45. The third kappa shape index (κ3) is 1.68. The van der Waals surface area contributed by atoms with Crippen molar-refractivity contribution in [1.82, 2.24) is 0 Å². The van der Waals surface area contributed by atoms with E-state index >= 15 is 0 Å². The van der Waals surface area contributed by atoms with E-state index in [2.05, 4.69) is 39.0 Å². The first-order valence-corrected chi connectivity index (χ1v) is 8.13. The van der Waals surface area contributed by atoms with E-state index in [0.29, 0.717) is 5.75 Å². The number of benzene rings is 2. The van der Waals surface area contributed by atoms with Crippen molar-refractivity contribution in [3.8, 4) is 5.75 Å². The van der Waals surface area contributed by atoms with Crippen LogP contribution in [0.5, 0.6) is 5.75 Å². The molecule has 0 radical (unpaired) electrons. The SMILES string of the molecule is CC1c2ccccc2C(C)(C)[C@]12C=Cc1cccc([N+](=O)[O-])c1O2. The van der Waals surface area contributed by atoms with Crippen LogP contribution in [0.4, 0.5) is 5.69 Å². The van der Waals surface area contributed by atoms with E-state index in [1.807, 2.05) is 24.3 Å². The van der Waals surface area contributed by atoms with Gasteiger partial charge in [0.1, 0.15) is 5.60 Å². The van der Waals surface area contributed by atoms with E-state index in [4.69, 9.17) is 4.74 Å². The molecule has 1 spiro atoms. The summed E-state index contributed by atoms with van der Waals surface area (Å²) in [5, 5.41) is 11.4. The van der Waals surface area contributed by atoms with Crippen LogP contribution in [0.3, 0.4) is 0 Å². The minimum atomic E-state index is -0.629. The van der Waals surface area contributed by atoms with Crippen LogP contribution in [0.15, 0.2) is 48.5 Å². The Bertz CT molecular complexity index is 884. The number of ether oxygens (including phenoxy) is 1. The summed E-state index contributed by atoms with van der Waals surface area (Å²) in [4.78, 5) is 11.1. The van der Waals surface area contributed by atoms with Crippen molar-refractivity contribution >= 4 is 11.8 Å². The number of fused-ring (bicyclic) bond motifs is 2. The average molecular weight is 321 g/mol. The third-order valence-electron chi connectivity index (χ3n) is 5.72. The fourth-order valence-corrected chi connectivity index (χ4v) is 4.34. The van der Waals surface area contributed by atoms with E-state index < -0.39 is 5.60 Å². The molecule has 1 aliphatic carbocycles. The monoisotopic (exact) mass is 321 g/mol. The molecule has 0 saturated carbocycles. The molecule has 0 amide bonds. The molecule has 0 saturated heterocycles. The molecule has 2 aromatic carbocycles. The predicted octanol–water partition coefficient (Wildman–Crippen LogP) is 4.83. The lowest BCUT2D eigenvalue weighted by Gasteiger charge is -2.44. The third-order valence-corrected chi connectivity index (χ3v) is 5.72. The van der Waals surface area contributed by atoms with Gasteiger partial charge in [-0.05, 0) is 17.2 Å². The number of hydrogen-bond acceptors (Lipinski definition) is 3. The second-order valence-corrected chi connectivity index (χ2v) is 7.12. The second-order valence-electron chi connectivity index (χ2n) is 7.12. The van der Waals surface area contributed by atoms with Gasteiger partial charge in [-0.1, -0.05) is 63.2 Å². The van der Waals surface area contributed by atoms with Gasteiger partial charge in [0.25, 0.3) is 0 Å². The van der Waals surface area contributed by atoms with Gasteiger partial charge in [0.15, 0.2) is 0 Å². The summed E-state index contributed by atoms with van der Waals surface area (Å²) in [7, 11) is 0. The highest BCUT2D eigenvalue weighted by Gasteiger charge is 2.58. The molecule has 2 aromatic rings. The minimum absolute atomic E-state index is 0.0233. The minimum Gasteiger partial charge on any atom is -0.474 e. The summed E-state index contributed by atoms with van der Waals surface area (Å²) >= 11 is 0. The number of para-hydroxylation sites is 1. The summed E-state index contributed by atoms with van der Waals surface area (Å²) in [6.45, 7) is 6.44. The van der Waals surface area contributed by atoms with Crippen molar-refractivity contribution in [3.63, 3.8) is 0 Å². The van der Waals surface area contributed by atoms with Gasteiger partial charge in [-0.15, -0.1) is 0 Å². The van der Waals surface area contributed by atoms with Crippen molar-refractivity contribution in [1.29, 1.82) is 0 Å². The molecule has 1 unspecified atom stereocenters. The Kier molecular flexibility index (Phi) is 2.92. The van der Waals surface area contributed by atoms with Gasteiger partial charge in [-0.3, -0.25) is 10.1 Å².